The molecule has 3 aromatic rings. The van der Waals surface area contributed by atoms with Crippen LogP contribution >= 0.6 is 0 Å². The number of aromatic nitrogens is 1. The molecular weight excluding hydrogens is 302 g/mol. The van der Waals surface area contributed by atoms with Gasteiger partial charge in [-0.3, -0.25) is 4.79 Å². The first-order chi connectivity index (χ1) is 11.7. The highest BCUT2D eigenvalue weighted by Crippen LogP contribution is 2.60. The second kappa shape index (κ2) is 4.48. The minimum absolute atomic E-state index is 0.0861. The molecule has 0 amide bonds. The van der Waals surface area contributed by atoms with Gasteiger partial charge in [0.1, 0.15) is 17.6 Å². The average molecular weight is 319 g/mol. The number of carbonyl (C=O) groups excluding carboxylic acids is 1. The van der Waals surface area contributed by atoms with Crippen LogP contribution in [0.4, 0.5) is 0 Å². The summed E-state index contributed by atoms with van der Waals surface area (Å²) in [5.41, 5.74) is 4.91. The number of aryl methyl sites for hydroxylation is 1. The summed E-state index contributed by atoms with van der Waals surface area (Å²) >= 11 is 0. The van der Waals surface area contributed by atoms with Crippen LogP contribution in [0.3, 0.4) is 0 Å². The molecular formula is C20H17NO3. The van der Waals surface area contributed by atoms with Crippen molar-refractivity contribution in [3.63, 3.8) is 0 Å². The molecule has 1 aromatic heterocycles. The molecule has 0 saturated heterocycles. The van der Waals surface area contributed by atoms with Crippen molar-refractivity contribution in [1.82, 2.24) is 4.98 Å². The van der Waals surface area contributed by atoms with Crippen molar-refractivity contribution in [2.24, 2.45) is 0 Å². The summed E-state index contributed by atoms with van der Waals surface area (Å²) < 4.78 is 5.37. The molecule has 2 atom stereocenters. The topological polar surface area (TPSA) is 62.3 Å². The van der Waals surface area contributed by atoms with Gasteiger partial charge >= 0.3 is 0 Å². The van der Waals surface area contributed by atoms with E-state index in [1.165, 1.54) is 5.69 Å². The van der Waals surface area contributed by atoms with Crippen LogP contribution in [0.2, 0.25) is 0 Å². The summed E-state index contributed by atoms with van der Waals surface area (Å²) in [5.74, 6) is 0.719. The van der Waals surface area contributed by atoms with Crippen LogP contribution in [-0.2, 0) is 12.0 Å². The van der Waals surface area contributed by atoms with Crippen molar-refractivity contribution in [3.05, 3.63) is 64.3 Å². The Balaban J connectivity index is 1.80. The standard InChI is InChI=1S/C20H17NO3/c1-24-12-5-6-15-14(9-12)17-16(21-15)7-8-20(23)18-11(10-22)3-2-4-13(18)19(17)20/h2-6,9-10,19,21,23H,7-8H2,1H3. The SMILES string of the molecule is COc1ccc2[nH]c3c(c2c1)C1c2cccc(C=O)c2C1(O)CC3. The third kappa shape index (κ3) is 1.49. The average Bonchev–Trinajstić information content (AvgIpc) is 2.96. The van der Waals surface area contributed by atoms with Crippen LogP contribution < -0.4 is 4.74 Å². The van der Waals surface area contributed by atoms with Crippen molar-refractivity contribution >= 4 is 17.2 Å². The van der Waals surface area contributed by atoms with E-state index in [9.17, 15) is 9.90 Å². The van der Waals surface area contributed by atoms with E-state index in [1.807, 2.05) is 30.3 Å². The first-order valence-electron chi connectivity index (χ1n) is 8.17. The second-order valence-electron chi connectivity index (χ2n) is 6.72. The number of aliphatic hydroxyl groups is 1. The molecule has 2 aliphatic carbocycles. The van der Waals surface area contributed by atoms with E-state index in [4.69, 9.17) is 4.74 Å². The van der Waals surface area contributed by atoms with E-state index < -0.39 is 5.60 Å². The number of carbonyl (C=O) groups is 1. The number of benzene rings is 2. The van der Waals surface area contributed by atoms with E-state index in [2.05, 4.69) is 4.98 Å². The van der Waals surface area contributed by atoms with Gasteiger partial charge in [-0.15, -0.1) is 0 Å². The molecule has 2 aliphatic rings. The summed E-state index contributed by atoms with van der Waals surface area (Å²) in [5, 5.41) is 12.4. The molecule has 0 saturated carbocycles. The molecule has 24 heavy (non-hydrogen) atoms. The van der Waals surface area contributed by atoms with Crippen molar-refractivity contribution in [3.8, 4) is 5.75 Å². The summed E-state index contributed by atoms with van der Waals surface area (Å²) in [6.45, 7) is 0. The largest absolute Gasteiger partial charge is 0.497 e. The zero-order valence-corrected chi connectivity index (χ0v) is 13.3. The van der Waals surface area contributed by atoms with Gasteiger partial charge in [-0.2, -0.15) is 0 Å². The summed E-state index contributed by atoms with van der Waals surface area (Å²) in [6.07, 6.45) is 2.25. The fourth-order valence-electron chi connectivity index (χ4n) is 4.63. The molecule has 2 aromatic carbocycles. The van der Waals surface area contributed by atoms with Crippen molar-refractivity contribution in [2.75, 3.05) is 7.11 Å². The van der Waals surface area contributed by atoms with Gasteiger partial charge in [0.15, 0.2) is 0 Å². The van der Waals surface area contributed by atoms with Crippen LogP contribution in [0.25, 0.3) is 10.9 Å². The van der Waals surface area contributed by atoms with Gasteiger partial charge < -0.3 is 14.8 Å². The number of rotatable bonds is 2. The minimum atomic E-state index is -0.946. The predicted molar refractivity (Wildman–Crippen MR) is 90.7 cm³/mol. The molecule has 0 spiro atoms. The molecule has 0 aliphatic heterocycles. The molecule has 0 fully saturated rings. The van der Waals surface area contributed by atoms with E-state index in [0.29, 0.717) is 12.0 Å². The lowest BCUT2D eigenvalue weighted by Gasteiger charge is -2.51. The maximum absolute atomic E-state index is 11.4. The summed E-state index contributed by atoms with van der Waals surface area (Å²) in [7, 11) is 1.66. The van der Waals surface area contributed by atoms with Gasteiger partial charge in [0, 0.05) is 28.1 Å². The lowest BCUT2D eigenvalue weighted by Crippen LogP contribution is -2.48. The highest BCUT2D eigenvalue weighted by Gasteiger charge is 2.55. The molecule has 2 unspecified atom stereocenters. The highest BCUT2D eigenvalue weighted by molar-refractivity contribution is 5.90. The molecule has 4 nitrogen and oxygen atoms in total. The monoisotopic (exact) mass is 319 g/mol. The predicted octanol–water partition coefficient (Wildman–Crippen LogP) is 3.27. The Morgan fingerprint density at radius 3 is 3.00 bits per heavy atom. The Kier molecular flexibility index (Phi) is 2.58. The number of hydrogen-bond donors (Lipinski definition) is 2. The van der Waals surface area contributed by atoms with Gasteiger partial charge in [0.25, 0.3) is 0 Å². The normalized spacial score (nSPS) is 23.8. The molecule has 5 rings (SSSR count). The number of nitrogens with one attached hydrogen (secondary N) is 1. The Hall–Kier alpha value is -2.59. The highest BCUT2D eigenvalue weighted by atomic mass is 16.5. The van der Waals surface area contributed by atoms with E-state index in [1.54, 1.807) is 13.2 Å². The van der Waals surface area contributed by atoms with E-state index >= 15 is 0 Å². The van der Waals surface area contributed by atoms with Crippen molar-refractivity contribution < 1.29 is 14.6 Å². The van der Waals surface area contributed by atoms with Gasteiger partial charge in [-0.1, -0.05) is 18.2 Å². The number of H-pyrrole nitrogens is 1. The van der Waals surface area contributed by atoms with Crippen LogP contribution in [-0.4, -0.2) is 23.5 Å². The number of fused-ring (bicyclic) bond motifs is 8. The number of aldehydes is 1. The van der Waals surface area contributed by atoms with E-state index in [-0.39, 0.29) is 5.92 Å². The zero-order valence-electron chi connectivity index (χ0n) is 13.3. The Labute approximate surface area is 139 Å². The summed E-state index contributed by atoms with van der Waals surface area (Å²) in [6, 6.07) is 11.7. The third-order valence-electron chi connectivity index (χ3n) is 5.65. The zero-order chi connectivity index (χ0) is 16.5. The first kappa shape index (κ1) is 13.8. The maximum atomic E-state index is 11.4. The fraction of sp³-hybridized carbons (Fsp3) is 0.250. The lowest BCUT2D eigenvalue weighted by atomic mass is 9.56. The molecule has 4 heteroatoms. The second-order valence-corrected chi connectivity index (χ2v) is 6.72. The smallest absolute Gasteiger partial charge is 0.150 e. The van der Waals surface area contributed by atoms with Gasteiger partial charge in [0.2, 0.25) is 0 Å². The quantitative estimate of drug-likeness (QED) is 0.713. The van der Waals surface area contributed by atoms with E-state index in [0.717, 1.165) is 46.0 Å². The van der Waals surface area contributed by atoms with Gasteiger partial charge in [-0.25, -0.2) is 0 Å². The van der Waals surface area contributed by atoms with Gasteiger partial charge in [-0.05, 0) is 47.7 Å². The van der Waals surface area contributed by atoms with Crippen LogP contribution in [0.1, 0.15) is 45.1 Å². The maximum Gasteiger partial charge on any atom is 0.150 e. The van der Waals surface area contributed by atoms with Crippen LogP contribution in [0, 0.1) is 0 Å². The lowest BCUT2D eigenvalue weighted by molar-refractivity contribution is -0.0219. The number of hydrogen-bond acceptors (Lipinski definition) is 3. The Morgan fingerprint density at radius 2 is 2.21 bits per heavy atom. The first-order valence-corrected chi connectivity index (χ1v) is 8.17. The van der Waals surface area contributed by atoms with Crippen LogP contribution in [0.15, 0.2) is 36.4 Å². The Morgan fingerprint density at radius 1 is 1.33 bits per heavy atom. The minimum Gasteiger partial charge on any atom is -0.497 e. The molecule has 0 radical (unpaired) electrons. The van der Waals surface area contributed by atoms with Crippen molar-refractivity contribution in [2.45, 2.75) is 24.4 Å². The third-order valence-corrected chi connectivity index (χ3v) is 5.65. The van der Waals surface area contributed by atoms with Crippen LogP contribution in [0.5, 0.6) is 5.75 Å². The molecule has 2 N–H and O–H groups in total. The molecule has 1 heterocycles. The van der Waals surface area contributed by atoms with Crippen molar-refractivity contribution in [1.29, 1.82) is 0 Å². The number of aromatic amines is 1. The number of methoxy groups -OCH3 is 1. The number of ether oxygens (including phenoxy) is 1. The van der Waals surface area contributed by atoms with Gasteiger partial charge in [0.05, 0.1) is 7.11 Å². The molecule has 120 valence electrons. The Bertz CT molecular complexity index is 1000. The molecule has 0 bridgehead atoms. The fourth-order valence-corrected chi connectivity index (χ4v) is 4.63. The summed E-state index contributed by atoms with van der Waals surface area (Å²) in [4.78, 5) is 14.9.